The molecule has 19 heavy (non-hydrogen) atoms. The Kier molecular flexibility index (Phi) is 3.86. The SMILES string of the molecule is CNC(C)(C)c1ccccc1Nc1cccc(F)c1. The van der Waals surface area contributed by atoms with Gasteiger partial charge in [-0.15, -0.1) is 0 Å². The molecule has 0 atom stereocenters. The maximum atomic E-state index is 13.2. The summed E-state index contributed by atoms with van der Waals surface area (Å²) in [5.74, 6) is -0.240. The maximum Gasteiger partial charge on any atom is 0.125 e. The average Bonchev–Trinajstić information content (AvgIpc) is 2.39. The van der Waals surface area contributed by atoms with Gasteiger partial charge in [0.1, 0.15) is 5.82 Å². The molecule has 2 nitrogen and oxygen atoms in total. The summed E-state index contributed by atoms with van der Waals surface area (Å²) in [5, 5.41) is 6.55. The zero-order valence-electron chi connectivity index (χ0n) is 11.5. The Bertz CT molecular complexity index is 564. The summed E-state index contributed by atoms with van der Waals surface area (Å²) >= 11 is 0. The minimum atomic E-state index is -0.240. The van der Waals surface area contributed by atoms with Gasteiger partial charge in [-0.3, -0.25) is 0 Å². The van der Waals surface area contributed by atoms with Crippen LogP contribution < -0.4 is 10.6 Å². The second-order valence-corrected chi connectivity index (χ2v) is 5.06. The van der Waals surface area contributed by atoms with E-state index in [2.05, 4.69) is 30.5 Å². The first-order valence-corrected chi connectivity index (χ1v) is 6.34. The summed E-state index contributed by atoms with van der Waals surface area (Å²) in [6.07, 6.45) is 0. The topological polar surface area (TPSA) is 24.1 Å². The Morgan fingerprint density at radius 1 is 1.00 bits per heavy atom. The van der Waals surface area contributed by atoms with Crippen LogP contribution in [0.3, 0.4) is 0 Å². The summed E-state index contributed by atoms with van der Waals surface area (Å²) in [4.78, 5) is 0. The van der Waals surface area contributed by atoms with Gasteiger partial charge in [0.2, 0.25) is 0 Å². The highest BCUT2D eigenvalue weighted by atomic mass is 19.1. The molecule has 0 unspecified atom stereocenters. The molecule has 0 heterocycles. The van der Waals surface area contributed by atoms with E-state index in [4.69, 9.17) is 0 Å². The molecule has 0 bridgehead atoms. The molecule has 0 aromatic heterocycles. The van der Waals surface area contributed by atoms with Crippen molar-refractivity contribution in [3.05, 3.63) is 59.9 Å². The van der Waals surface area contributed by atoms with Gasteiger partial charge in [0.25, 0.3) is 0 Å². The van der Waals surface area contributed by atoms with E-state index in [0.717, 1.165) is 16.9 Å². The van der Waals surface area contributed by atoms with Gasteiger partial charge >= 0.3 is 0 Å². The van der Waals surface area contributed by atoms with Crippen LogP contribution in [0.5, 0.6) is 0 Å². The molecule has 0 radical (unpaired) electrons. The van der Waals surface area contributed by atoms with Crippen molar-refractivity contribution in [2.45, 2.75) is 19.4 Å². The highest BCUT2D eigenvalue weighted by Crippen LogP contribution is 2.29. The Labute approximate surface area is 113 Å². The molecule has 0 aliphatic heterocycles. The van der Waals surface area contributed by atoms with E-state index in [-0.39, 0.29) is 11.4 Å². The zero-order valence-corrected chi connectivity index (χ0v) is 11.5. The first kappa shape index (κ1) is 13.6. The Morgan fingerprint density at radius 2 is 1.74 bits per heavy atom. The Hall–Kier alpha value is -1.87. The zero-order chi connectivity index (χ0) is 13.9. The van der Waals surface area contributed by atoms with Crippen LogP contribution in [0, 0.1) is 5.82 Å². The fourth-order valence-electron chi connectivity index (χ4n) is 1.99. The van der Waals surface area contributed by atoms with Gasteiger partial charge in [-0.2, -0.15) is 0 Å². The monoisotopic (exact) mass is 258 g/mol. The molecular formula is C16H19FN2. The fraction of sp³-hybridized carbons (Fsp3) is 0.250. The number of rotatable bonds is 4. The number of anilines is 2. The van der Waals surface area contributed by atoms with Crippen LogP contribution in [0.15, 0.2) is 48.5 Å². The van der Waals surface area contributed by atoms with Crippen LogP contribution >= 0.6 is 0 Å². The van der Waals surface area contributed by atoms with Crippen LogP contribution in [-0.2, 0) is 5.54 Å². The smallest absolute Gasteiger partial charge is 0.125 e. The van der Waals surface area contributed by atoms with E-state index in [1.165, 1.54) is 12.1 Å². The lowest BCUT2D eigenvalue weighted by Gasteiger charge is -2.27. The van der Waals surface area contributed by atoms with Crippen molar-refractivity contribution in [1.29, 1.82) is 0 Å². The molecule has 3 heteroatoms. The van der Waals surface area contributed by atoms with Gasteiger partial charge in [0, 0.05) is 16.9 Å². The molecule has 0 aliphatic rings. The summed E-state index contributed by atoms with van der Waals surface area (Å²) < 4.78 is 13.2. The number of hydrogen-bond acceptors (Lipinski definition) is 2. The molecule has 0 saturated heterocycles. The van der Waals surface area contributed by atoms with Crippen molar-refractivity contribution < 1.29 is 4.39 Å². The third-order valence-corrected chi connectivity index (χ3v) is 3.33. The average molecular weight is 258 g/mol. The molecule has 2 aromatic carbocycles. The van der Waals surface area contributed by atoms with Gasteiger partial charge in [-0.1, -0.05) is 24.3 Å². The number of halogens is 1. The fourth-order valence-corrected chi connectivity index (χ4v) is 1.99. The van der Waals surface area contributed by atoms with E-state index in [1.54, 1.807) is 6.07 Å². The highest BCUT2D eigenvalue weighted by Gasteiger charge is 2.20. The van der Waals surface area contributed by atoms with Gasteiger partial charge in [0.15, 0.2) is 0 Å². The predicted octanol–water partition coefficient (Wildman–Crippen LogP) is 4.02. The van der Waals surface area contributed by atoms with E-state index in [9.17, 15) is 4.39 Å². The molecule has 100 valence electrons. The molecule has 0 aliphatic carbocycles. The van der Waals surface area contributed by atoms with E-state index in [1.807, 2.05) is 31.3 Å². The molecule has 2 rings (SSSR count). The van der Waals surface area contributed by atoms with Gasteiger partial charge in [-0.25, -0.2) is 4.39 Å². The second kappa shape index (κ2) is 5.41. The second-order valence-electron chi connectivity index (χ2n) is 5.06. The first-order valence-electron chi connectivity index (χ1n) is 6.34. The molecule has 0 saturated carbocycles. The minimum absolute atomic E-state index is 0.156. The summed E-state index contributed by atoms with van der Waals surface area (Å²) in [7, 11) is 1.93. The Morgan fingerprint density at radius 3 is 2.42 bits per heavy atom. The molecule has 0 fully saturated rings. The quantitative estimate of drug-likeness (QED) is 0.865. The number of nitrogens with one attached hydrogen (secondary N) is 2. The van der Waals surface area contributed by atoms with E-state index in [0.29, 0.717) is 0 Å². The summed E-state index contributed by atoms with van der Waals surface area (Å²) in [5.41, 5.74) is 2.71. The molecular weight excluding hydrogens is 239 g/mol. The third kappa shape index (κ3) is 3.12. The largest absolute Gasteiger partial charge is 0.355 e. The van der Waals surface area contributed by atoms with Crippen molar-refractivity contribution in [3.63, 3.8) is 0 Å². The lowest BCUT2D eigenvalue weighted by molar-refractivity contribution is 0.446. The van der Waals surface area contributed by atoms with Gasteiger partial charge in [-0.05, 0) is 50.7 Å². The number of hydrogen-bond donors (Lipinski definition) is 2. The van der Waals surface area contributed by atoms with Crippen molar-refractivity contribution in [2.75, 3.05) is 12.4 Å². The maximum absolute atomic E-state index is 13.2. The van der Waals surface area contributed by atoms with Crippen molar-refractivity contribution in [1.82, 2.24) is 5.32 Å². The van der Waals surface area contributed by atoms with Crippen LogP contribution in [0.25, 0.3) is 0 Å². The molecule has 2 aromatic rings. The number of para-hydroxylation sites is 1. The van der Waals surface area contributed by atoms with Crippen LogP contribution in [-0.4, -0.2) is 7.05 Å². The summed E-state index contributed by atoms with van der Waals surface area (Å²) in [6, 6.07) is 14.5. The first-order chi connectivity index (χ1) is 9.03. The highest BCUT2D eigenvalue weighted by molar-refractivity contribution is 5.64. The number of benzene rings is 2. The predicted molar refractivity (Wildman–Crippen MR) is 78.2 cm³/mol. The molecule has 0 amide bonds. The molecule has 2 N–H and O–H groups in total. The van der Waals surface area contributed by atoms with E-state index >= 15 is 0 Å². The van der Waals surface area contributed by atoms with Crippen molar-refractivity contribution in [3.8, 4) is 0 Å². The van der Waals surface area contributed by atoms with Crippen molar-refractivity contribution >= 4 is 11.4 Å². The normalized spacial score (nSPS) is 11.4. The summed E-state index contributed by atoms with van der Waals surface area (Å²) in [6.45, 7) is 4.22. The van der Waals surface area contributed by atoms with Crippen LogP contribution in [0.4, 0.5) is 15.8 Å². The molecule has 0 spiro atoms. The minimum Gasteiger partial charge on any atom is -0.355 e. The lowest BCUT2D eigenvalue weighted by Crippen LogP contribution is -2.33. The van der Waals surface area contributed by atoms with Gasteiger partial charge in [0.05, 0.1) is 0 Å². The standard InChI is InChI=1S/C16H19FN2/c1-16(2,18-3)14-9-4-5-10-15(14)19-13-8-6-7-12(17)11-13/h4-11,18-19H,1-3H3. The Balaban J connectivity index is 2.36. The van der Waals surface area contributed by atoms with Crippen LogP contribution in [0.1, 0.15) is 19.4 Å². The third-order valence-electron chi connectivity index (χ3n) is 3.33. The van der Waals surface area contributed by atoms with Gasteiger partial charge < -0.3 is 10.6 Å². The van der Waals surface area contributed by atoms with Crippen molar-refractivity contribution in [2.24, 2.45) is 0 Å². The lowest BCUT2D eigenvalue weighted by atomic mass is 9.93. The van der Waals surface area contributed by atoms with E-state index < -0.39 is 0 Å². The van der Waals surface area contributed by atoms with Crippen LogP contribution in [0.2, 0.25) is 0 Å².